The maximum atomic E-state index is 11.0. The first-order valence-corrected chi connectivity index (χ1v) is 9.54. The van der Waals surface area contributed by atoms with Crippen LogP contribution in [0.3, 0.4) is 0 Å². The standard InChI is InChI=1S/C20H22N4O2S/c25-18(16-7-3-1-4-8-16)19-21-23(15-22-11-13-26-14-12-22)20(27)24(19)17-9-5-2-6-10-17/h1-10,18,25H,11-15H2/p+1/t18-/m0/s1. The summed E-state index contributed by atoms with van der Waals surface area (Å²) in [6, 6.07) is 19.4. The molecule has 1 aliphatic rings. The normalized spacial score (nSPS) is 16.3. The van der Waals surface area contributed by atoms with Gasteiger partial charge in [0.1, 0.15) is 19.2 Å². The van der Waals surface area contributed by atoms with Crippen LogP contribution in [0.2, 0.25) is 0 Å². The molecule has 0 spiro atoms. The molecular formula is C20H23N4O2S+. The van der Waals surface area contributed by atoms with E-state index in [1.165, 1.54) is 4.90 Å². The Morgan fingerprint density at radius 1 is 1.04 bits per heavy atom. The van der Waals surface area contributed by atoms with E-state index in [1.807, 2.05) is 69.9 Å². The number of hydrogen-bond donors (Lipinski definition) is 2. The van der Waals surface area contributed by atoms with Gasteiger partial charge in [-0.2, -0.15) is 4.68 Å². The predicted octanol–water partition coefficient (Wildman–Crippen LogP) is 1.36. The van der Waals surface area contributed by atoms with Crippen molar-refractivity contribution in [2.24, 2.45) is 0 Å². The number of ether oxygens (including phenoxy) is 1. The molecule has 0 unspecified atom stereocenters. The average molecular weight is 383 g/mol. The largest absolute Gasteiger partial charge is 0.380 e. The van der Waals surface area contributed by atoms with Crippen molar-refractivity contribution in [3.63, 3.8) is 0 Å². The summed E-state index contributed by atoms with van der Waals surface area (Å²) in [7, 11) is 0. The van der Waals surface area contributed by atoms with E-state index in [1.54, 1.807) is 0 Å². The zero-order valence-corrected chi connectivity index (χ0v) is 15.8. The zero-order chi connectivity index (χ0) is 18.6. The fraction of sp³-hybridized carbons (Fsp3) is 0.300. The molecule has 2 N–H and O–H groups in total. The molecule has 3 aromatic rings. The van der Waals surface area contributed by atoms with Gasteiger partial charge in [0.25, 0.3) is 0 Å². The van der Waals surface area contributed by atoms with Crippen LogP contribution in [0, 0.1) is 4.77 Å². The van der Waals surface area contributed by atoms with Gasteiger partial charge in [-0.25, -0.2) is 0 Å². The van der Waals surface area contributed by atoms with Gasteiger partial charge in [-0.3, -0.25) is 4.57 Å². The molecule has 27 heavy (non-hydrogen) atoms. The summed E-state index contributed by atoms with van der Waals surface area (Å²) in [5, 5.41) is 15.7. The summed E-state index contributed by atoms with van der Waals surface area (Å²) in [6.07, 6.45) is -0.853. The second-order valence-corrected chi connectivity index (χ2v) is 7.01. The maximum Gasteiger partial charge on any atom is 0.207 e. The van der Waals surface area contributed by atoms with E-state index < -0.39 is 6.10 Å². The van der Waals surface area contributed by atoms with Crippen LogP contribution in [0.1, 0.15) is 17.5 Å². The molecule has 0 bridgehead atoms. The minimum atomic E-state index is -0.853. The van der Waals surface area contributed by atoms with Crippen molar-refractivity contribution in [1.82, 2.24) is 14.3 Å². The van der Waals surface area contributed by atoms with Crippen molar-refractivity contribution < 1.29 is 14.7 Å². The van der Waals surface area contributed by atoms with E-state index in [4.69, 9.17) is 22.1 Å². The highest BCUT2D eigenvalue weighted by Gasteiger charge is 2.23. The number of benzene rings is 2. The van der Waals surface area contributed by atoms with E-state index >= 15 is 0 Å². The number of para-hydroxylation sites is 1. The number of aromatic nitrogens is 3. The van der Waals surface area contributed by atoms with Crippen molar-refractivity contribution in [2.75, 3.05) is 26.3 Å². The fourth-order valence-electron chi connectivity index (χ4n) is 3.34. The monoisotopic (exact) mass is 383 g/mol. The number of aliphatic hydroxyl groups is 1. The van der Waals surface area contributed by atoms with Crippen LogP contribution >= 0.6 is 12.2 Å². The predicted molar refractivity (Wildman–Crippen MR) is 104 cm³/mol. The summed E-state index contributed by atoms with van der Waals surface area (Å²) >= 11 is 5.74. The maximum absolute atomic E-state index is 11.0. The molecule has 140 valence electrons. The highest BCUT2D eigenvalue weighted by Crippen LogP contribution is 2.23. The molecule has 4 rings (SSSR count). The lowest BCUT2D eigenvalue weighted by Crippen LogP contribution is -3.13. The topological polar surface area (TPSA) is 56.6 Å². The highest BCUT2D eigenvalue weighted by atomic mass is 32.1. The van der Waals surface area contributed by atoms with Gasteiger partial charge >= 0.3 is 0 Å². The van der Waals surface area contributed by atoms with Crippen LogP contribution in [-0.4, -0.2) is 45.8 Å². The summed E-state index contributed by atoms with van der Waals surface area (Å²) in [6.45, 7) is 4.02. The molecule has 1 aliphatic heterocycles. The van der Waals surface area contributed by atoms with Gasteiger partial charge < -0.3 is 14.7 Å². The van der Waals surface area contributed by atoms with Crippen molar-refractivity contribution in [1.29, 1.82) is 0 Å². The number of quaternary nitrogens is 1. The number of rotatable bonds is 5. The van der Waals surface area contributed by atoms with E-state index in [2.05, 4.69) is 0 Å². The Labute approximate surface area is 163 Å². The Kier molecular flexibility index (Phi) is 5.45. The van der Waals surface area contributed by atoms with E-state index in [9.17, 15) is 5.11 Å². The van der Waals surface area contributed by atoms with E-state index in [-0.39, 0.29) is 0 Å². The van der Waals surface area contributed by atoms with Gasteiger partial charge in [-0.15, -0.1) is 5.10 Å². The molecule has 0 aliphatic carbocycles. The fourth-order valence-corrected chi connectivity index (χ4v) is 3.64. The number of nitrogens with zero attached hydrogens (tertiary/aromatic N) is 3. The second kappa shape index (κ2) is 8.14. The Bertz CT molecular complexity index is 934. The molecule has 6 nitrogen and oxygen atoms in total. The van der Waals surface area contributed by atoms with Crippen LogP contribution < -0.4 is 4.90 Å². The quantitative estimate of drug-likeness (QED) is 0.654. The van der Waals surface area contributed by atoms with Gasteiger partial charge in [0.2, 0.25) is 4.77 Å². The molecule has 2 heterocycles. The van der Waals surface area contributed by atoms with Gasteiger partial charge in [0.05, 0.1) is 13.2 Å². The molecule has 1 atom stereocenters. The van der Waals surface area contributed by atoms with Crippen molar-refractivity contribution in [2.45, 2.75) is 12.8 Å². The average Bonchev–Trinajstić information content (AvgIpc) is 3.05. The molecule has 2 aromatic carbocycles. The van der Waals surface area contributed by atoms with Crippen molar-refractivity contribution in [3.05, 3.63) is 76.8 Å². The minimum Gasteiger partial charge on any atom is -0.380 e. The van der Waals surface area contributed by atoms with Crippen LogP contribution in [0.5, 0.6) is 0 Å². The first-order chi connectivity index (χ1) is 13.2. The Morgan fingerprint density at radius 3 is 2.33 bits per heavy atom. The van der Waals surface area contributed by atoms with E-state index in [0.717, 1.165) is 37.6 Å². The number of hydrogen-bond acceptors (Lipinski definition) is 4. The van der Waals surface area contributed by atoms with Gasteiger partial charge in [-0.05, 0) is 29.9 Å². The molecule has 1 aromatic heterocycles. The third-order valence-electron chi connectivity index (χ3n) is 4.81. The first kappa shape index (κ1) is 18.1. The molecule has 0 amide bonds. The number of aliphatic hydroxyl groups excluding tert-OH is 1. The van der Waals surface area contributed by atoms with E-state index in [0.29, 0.717) is 17.3 Å². The van der Waals surface area contributed by atoms with Crippen LogP contribution in [-0.2, 0) is 11.4 Å². The van der Waals surface area contributed by atoms with Crippen LogP contribution in [0.15, 0.2) is 60.7 Å². The lowest BCUT2D eigenvalue weighted by atomic mass is 10.1. The molecule has 1 fully saturated rings. The summed E-state index contributed by atoms with van der Waals surface area (Å²) in [5.41, 5.74) is 1.69. The van der Waals surface area contributed by atoms with Gasteiger partial charge in [0.15, 0.2) is 12.5 Å². The summed E-state index contributed by atoms with van der Waals surface area (Å²) in [4.78, 5) is 1.37. The van der Waals surface area contributed by atoms with Gasteiger partial charge in [-0.1, -0.05) is 48.5 Å². The molecule has 0 radical (unpaired) electrons. The van der Waals surface area contributed by atoms with Crippen molar-refractivity contribution in [3.8, 4) is 5.69 Å². The summed E-state index contributed by atoms with van der Waals surface area (Å²) < 4.78 is 9.72. The Morgan fingerprint density at radius 2 is 1.67 bits per heavy atom. The smallest absolute Gasteiger partial charge is 0.207 e. The summed E-state index contributed by atoms with van der Waals surface area (Å²) in [5.74, 6) is 0.532. The SMILES string of the molecule is O[C@@H](c1ccccc1)c1nn(C[NH+]2CCOCC2)c(=S)n1-c1ccccc1. The lowest BCUT2D eigenvalue weighted by molar-refractivity contribution is -0.930. The number of morpholine rings is 1. The third-order valence-corrected chi connectivity index (χ3v) is 5.21. The molecular weight excluding hydrogens is 360 g/mol. The highest BCUT2D eigenvalue weighted by molar-refractivity contribution is 7.71. The number of nitrogens with one attached hydrogen (secondary N) is 1. The molecule has 7 heteroatoms. The van der Waals surface area contributed by atoms with Crippen LogP contribution in [0.4, 0.5) is 0 Å². The molecule has 0 saturated carbocycles. The Balaban J connectivity index is 1.76. The molecule has 1 saturated heterocycles. The second-order valence-electron chi connectivity index (χ2n) is 6.64. The first-order valence-electron chi connectivity index (χ1n) is 9.13. The van der Waals surface area contributed by atoms with Crippen LogP contribution in [0.25, 0.3) is 5.69 Å². The zero-order valence-electron chi connectivity index (χ0n) is 15.0. The van der Waals surface area contributed by atoms with Crippen molar-refractivity contribution >= 4 is 12.2 Å². The Hall–Kier alpha value is -2.32. The van der Waals surface area contributed by atoms with Gasteiger partial charge in [0, 0.05) is 5.69 Å². The third kappa shape index (κ3) is 3.86. The minimum absolute atomic E-state index is 0.532. The lowest BCUT2D eigenvalue weighted by Gasteiger charge is -2.23.